The van der Waals surface area contributed by atoms with Crippen LogP contribution in [0.25, 0.3) is 0 Å². The molecule has 1 heterocycles. The monoisotopic (exact) mass is 248 g/mol. The van der Waals surface area contributed by atoms with E-state index >= 15 is 0 Å². The molecule has 3 nitrogen and oxygen atoms in total. The Morgan fingerprint density at radius 2 is 2.28 bits per heavy atom. The summed E-state index contributed by atoms with van der Waals surface area (Å²) in [6, 6.07) is 0.433. The molecular formula is C15H24N2O. The molecule has 0 aromatic heterocycles. The van der Waals surface area contributed by atoms with Crippen LogP contribution in [0.3, 0.4) is 0 Å². The molecule has 0 radical (unpaired) electrons. The summed E-state index contributed by atoms with van der Waals surface area (Å²) in [5.74, 6) is 3.46. The highest BCUT2D eigenvalue weighted by molar-refractivity contribution is 5.82. The highest BCUT2D eigenvalue weighted by Crippen LogP contribution is 2.33. The molecule has 100 valence electrons. The van der Waals surface area contributed by atoms with E-state index in [0.29, 0.717) is 12.0 Å². The molecule has 0 aromatic rings. The zero-order valence-electron chi connectivity index (χ0n) is 11.2. The highest BCUT2D eigenvalue weighted by atomic mass is 16.2. The summed E-state index contributed by atoms with van der Waals surface area (Å²) >= 11 is 0. The maximum absolute atomic E-state index is 12.2. The number of hydrogen-bond acceptors (Lipinski definition) is 2. The minimum Gasteiger partial charge on any atom is -0.341 e. The number of amides is 1. The summed E-state index contributed by atoms with van der Waals surface area (Å²) in [4.78, 5) is 12.2. The molecule has 1 saturated heterocycles. The van der Waals surface area contributed by atoms with Gasteiger partial charge >= 0.3 is 0 Å². The fourth-order valence-electron chi connectivity index (χ4n) is 3.28. The van der Waals surface area contributed by atoms with E-state index in [9.17, 15) is 4.79 Å². The Balaban J connectivity index is 1.85. The van der Waals surface area contributed by atoms with Gasteiger partial charge in [0.25, 0.3) is 0 Å². The molecular weight excluding hydrogens is 224 g/mol. The SMILES string of the molecule is C#CC(CCC)NC(=O)C1CC2CCCCC2N1. The zero-order chi connectivity index (χ0) is 13.0. The second-order valence-electron chi connectivity index (χ2n) is 5.62. The molecule has 0 bridgehead atoms. The van der Waals surface area contributed by atoms with Crippen molar-refractivity contribution >= 4 is 5.91 Å². The summed E-state index contributed by atoms with van der Waals surface area (Å²) in [5.41, 5.74) is 0. The summed E-state index contributed by atoms with van der Waals surface area (Å²) in [7, 11) is 0. The Kier molecular flexibility index (Phi) is 4.66. The number of fused-ring (bicyclic) bond motifs is 1. The van der Waals surface area contributed by atoms with Crippen LogP contribution < -0.4 is 10.6 Å². The van der Waals surface area contributed by atoms with Crippen molar-refractivity contribution in [2.75, 3.05) is 0 Å². The van der Waals surface area contributed by atoms with Crippen molar-refractivity contribution in [2.24, 2.45) is 5.92 Å². The van der Waals surface area contributed by atoms with E-state index in [1.165, 1.54) is 25.7 Å². The van der Waals surface area contributed by atoms with Gasteiger partial charge in [-0.3, -0.25) is 4.79 Å². The molecule has 0 aromatic carbocycles. The average Bonchev–Trinajstić information content (AvgIpc) is 2.82. The molecule has 1 aliphatic carbocycles. The van der Waals surface area contributed by atoms with Crippen molar-refractivity contribution in [1.82, 2.24) is 10.6 Å². The van der Waals surface area contributed by atoms with Gasteiger partial charge in [-0.2, -0.15) is 0 Å². The van der Waals surface area contributed by atoms with Gasteiger partial charge in [0, 0.05) is 6.04 Å². The summed E-state index contributed by atoms with van der Waals surface area (Å²) in [5, 5.41) is 6.47. The Bertz CT molecular complexity index is 320. The number of carbonyl (C=O) groups excluding carboxylic acids is 1. The van der Waals surface area contributed by atoms with Crippen molar-refractivity contribution in [3.8, 4) is 12.3 Å². The predicted molar refractivity (Wildman–Crippen MR) is 73.0 cm³/mol. The summed E-state index contributed by atoms with van der Waals surface area (Å²) in [6.07, 6.45) is 13.4. The van der Waals surface area contributed by atoms with Gasteiger partial charge in [0.05, 0.1) is 12.1 Å². The lowest BCUT2D eigenvalue weighted by Crippen LogP contribution is -2.46. The highest BCUT2D eigenvalue weighted by Gasteiger charge is 2.38. The van der Waals surface area contributed by atoms with Crippen LogP contribution in [0.4, 0.5) is 0 Å². The molecule has 1 amide bonds. The Hall–Kier alpha value is -1.01. The maximum Gasteiger partial charge on any atom is 0.238 e. The summed E-state index contributed by atoms with van der Waals surface area (Å²) in [6.45, 7) is 2.08. The van der Waals surface area contributed by atoms with E-state index in [2.05, 4.69) is 23.5 Å². The van der Waals surface area contributed by atoms with Crippen LogP contribution >= 0.6 is 0 Å². The van der Waals surface area contributed by atoms with E-state index < -0.39 is 0 Å². The third-order valence-electron chi connectivity index (χ3n) is 4.27. The molecule has 1 saturated carbocycles. The number of terminal acetylenes is 1. The molecule has 2 fully saturated rings. The Morgan fingerprint density at radius 3 is 2.94 bits per heavy atom. The smallest absolute Gasteiger partial charge is 0.238 e. The molecule has 4 atom stereocenters. The first-order valence-corrected chi connectivity index (χ1v) is 7.27. The second kappa shape index (κ2) is 6.24. The molecule has 18 heavy (non-hydrogen) atoms. The third kappa shape index (κ3) is 3.05. The van der Waals surface area contributed by atoms with Gasteiger partial charge in [0.1, 0.15) is 0 Å². The molecule has 2 rings (SSSR count). The quantitative estimate of drug-likeness (QED) is 0.745. The predicted octanol–water partition coefficient (Wildman–Crippen LogP) is 1.83. The van der Waals surface area contributed by atoms with Crippen LogP contribution in [0, 0.1) is 18.3 Å². The molecule has 3 heteroatoms. The molecule has 2 N–H and O–H groups in total. The van der Waals surface area contributed by atoms with Gasteiger partial charge in [-0.15, -0.1) is 6.42 Å². The van der Waals surface area contributed by atoms with Gasteiger partial charge in [-0.1, -0.05) is 32.1 Å². The van der Waals surface area contributed by atoms with Crippen LogP contribution in [-0.4, -0.2) is 24.0 Å². The topological polar surface area (TPSA) is 41.1 Å². The van der Waals surface area contributed by atoms with E-state index in [1.807, 2.05) is 0 Å². The normalized spacial score (nSPS) is 32.3. The van der Waals surface area contributed by atoms with E-state index in [0.717, 1.165) is 19.3 Å². The maximum atomic E-state index is 12.2. The fourth-order valence-corrected chi connectivity index (χ4v) is 3.28. The number of nitrogens with one attached hydrogen (secondary N) is 2. The Morgan fingerprint density at radius 1 is 1.50 bits per heavy atom. The van der Waals surface area contributed by atoms with Gasteiger partial charge in [0.2, 0.25) is 5.91 Å². The van der Waals surface area contributed by atoms with Crippen LogP contribution in [0.2, 0.25) is 0 Å². The first-order valence-electron chi connectivity index (χ1n) is 7.27. The molecule has 0 spiro atoms. The zero-order valence-corrected chi connectivity index (χ0v) is 11.2. The van der Waals surface area contributed by atoms with Gasteiger partial charge in [-0.25, -0.2) is 0 Å². The minimum atomic E-state index is -0.105. The standard InChI is InChI=1S/C15H24N2O/c1-3-7-12(4-2)16-15(18)14-10-11-8-5-6-9-13(11)17-14/h2,11-14,17H,3,5-10H2,1H3,(H,16,18). The van der Waals surface area contributed by atoms with Crippen molar-refractivity contribution in [3.05, 3.63) is 0 Å². The average molecular weight is 248 g/mol. The lowest BCUT2D eigenvalue weighted by molar-refractivity contribution is -0.123. The number of rotatable bonds is 4. The largest absolute Gasteiger partial charge is 0.341 e. The second-order valence-corrected chi connectivity index (χ2v) is 5.62. The van der Waals surface area contributed by atoms with Crippen LogP contribution in [0.15, 0.2) is 0 Å². The van der Waals surface area contributed by atoms with Crippen LogP contribution in [-0.2, 0) is 4.79 Å². The van der Waals surface area contributed by atoms with Crippen molar-refractivity contribution in [1.29, 1.82) is 0 Å². The third-order valence-corrected chi connectivity index (χ3v) is 4.27. The van der Waals surface area contributed by atoms with Gasteiger partial charge < -0.3 is 10.6 Å². The van der Waals surface area contributed by atoms with Crippen LogP contribution in [0.5, 0.6) is 0 Å². The van der Waals surface area contributed by atoms with E-state index in [-0.39, 0.29) is 18.0 Å². The van der Waals surface area contributed by atoms with E-state index in [4.69, 9.17) is 6.42 Å². The van der Waals surface area contributed by atoms with Crippen molar-refractivity contribution < 1.29 is 4.79 Å². The van der Waals surface area contributed by atoms with Gasteiger partial charge in [-0.05, 0) is 31.6 Å². The Labute approximate surface area is 110 Å². The molecule has 2 aliphatic rings. The van der Waals surface area contributed by atoms with Crippen LogP contribution in [0.1, 0.15) is 51.9 Å². The van der Waals surface area contributed by atoms with Gasteiger partial charge in [0.15, 0.2) is 0 Å². The summed E-state index contributed by atoms with van der Waals surface area (Å²) < 4.78 is 0. The number of carbonyl (C=O) groups is 1. The molecule has 4 unspecified atom stereocenters. The van der Waals surface area contributed by atoms with E-state index in [1.54, 1.807) is 0 Å². The first-order chi connectivity index (χ1) is 8.74. The minimum absolute atomic E-state index is 0.0224. The first kappa shape index (κ1) is 13.4. The van der Waals surface area contributed by atoms with Crippen molar-refractivity contribution in [2.45, 2.75) is 70.0 Å². The molecule has 1 aliphatic heterocycles. The fraction of sp³-hybridized carbons (Fsp3) is 0.800. The number of hydrogen-bond donors (Lipinski definition) is 2. The lowest BCUT2D eigenvalue weighted by atomic mass is 9.85. The lowest BCUT2D eigenvalue weighted by Gasteiger charge is -2.24. The van der Waals surface area contributed by atoms with Crippen molar-refractivity contribution in [3.63, 3.8) is 0 Å².